The topological polar surface area (TPSA) is 81.2 Å². The molecule has 3 rings (SSSR count). The van der Waals surface area contributed by atoms with E-state index in [0.29, 0.717) is 10.9 Å². The minimum Gasteiger partial charge on any atom is -0.506 e. The Hall–Kier alpha value is -2.20. The quantitative estimate of drug-likeness (QED) is 0.543. The largest absolute Gasteiger partial charge is 0.506 e. The van der Waals surface area contributed by atoms with Crippen molar-refractivity contribution >= 4 is 34.3 Å². The van der Waals surface area contributed by atoms with Crippen LogP contribution in [0.2, 0.25) is 5.02 Å². The first kappa shape index (κ1) is 17.6. The fourth-order valence-corrected chi connectivity index (χ4v) is 3.25. The highest BCUT2D eigenvalue weighted by atomic mass is 35.5. The summed E-state index contributed by atoms with van der Waals surface area (Å²) in [5.41, 5.74) is -0.0487. The smallest absolute Gasteiger partial charge is 0.451 e. The van der Waals surface area contributed by atoms with Crippen LogP contribution in [0, 0.1) is 0 Å². The number of fused-ring (bicyclic) bond motifs is 1. The van der Waals surface area contributed by atoms with Crippen molar-refractivity contribution in [3.8, 4) is 5.75 Å². The number of rotatable bonds is 3. The van der Waals surface area contributed by atoms with Crippen LogP contribution in [0.25, 0.3) is 11.0 Å². The van der Waals surface area contributed by atoms with Gasteiger partial charge in [0.25, 0.3) is 0 Å². The van der Waals surface area contributed by atoms with E-state index in [1.807, 2.05) is 0 Å². The zero-order valence-corrected chi connectivity index (χ0v) is 14.0. The zero-order chi connectivity index (χ0) is 18.4. The van der Waals surface area contributed by atoms with Crippen LogP contribution in [-0.2, 0) is 19.0 Å². The van der Waals surface area contributed by atoms with Gasteiger partial charge < -0.3 is 14.1 Å². The van der Waals surface area contributed by atoms with Crippen LogP contribution in [0.4, 0.5) is 13.2 Å². The first-order chi connectivity index (χ1) is 11.7. The molecule has 0 spiro atoms. The summed E-state index contributed by atoms with van der Waals surface area (Å²) >= 11 is 6.84. The average molecular weight is 392 g/mol. The molecule has 2 heterocycles. The first-order valence-electron chi connectivity index (χ1n) is 6.71. The molecule has 0 amide bonds. The van der Waals surface area contributed by atoms with Gasteiger partial charge in [-0.25, -0.2) is 4.79 Å². The molecule has 1 N–H and O–H groups in total. The molecular formula is C14H9ClF3N3O3S. The van der Waals surface area contributed by atoms with E-state index in [2.05, 4.69) is 10.2 Å². The van der Waals surface area contributed by atoms with Gasteiger partial charge in [0.05, 0.1) is 5.02 Å². The van der Waals surface area contributed by atoms with Gasteiger partial charge in [0, 0.05) is 30.3 Å². The van der Waals surface area contributed by atoms with Crippen LogP contribution in [0.3, 0.4) is 0 Å². The molecule has 0 aliphatic heterocycles. The van der Waals surface area contributed by atoms with Crippen LogP contribution in [0.5, 0.6) is 5.75 Å². The number of halogens is 4. The number of phenolic OH excluding ortho intramolecular Hbond substituents is 1. The molecule has 6 nitrogen and oxygen atoms in total. The molecule has 0 radical (unpaired) electrons. The summed E-state index contributed by atoms with van der Waals surface area (Å²) in [7, 11) is 1.21. The Bertz CT molecular complexity index is 1020. The fourth-order valence-electron chi connectivity index (χ4n) is 2.19. The molecule has 0 saturated heterocycles. The number of aromatic hydroxyl groups is 1. The predicted octanol–water partition coefficient (Wildman–Crippen LogP) is 3.59. The van der Waals surface area contributed by atoms with E-state index in [9.17, 15) is 23.1 Å². The van der Waals surface area contributed by atoms with E-state index < -0.39 is 17.6 Å². The molecule has 11 heteroatoms. The van der Waals surface area contributed by atoms with Gasteiger partial charge in [-0.2, -0.15) is 13.2 Å². The molecule has 0 bridgehead atoms. The van der Waals surface area contributed by atoms with Gasteiger partial charge in [-0.15, -0.1) is 10.2 Å². The van der Waals surface area contributed by atoms with Crippen LogP contribution >= 0.6 is 23.4 Å². The van der Waals surface area contributed by atoms with Gasteiger partial charge in [0.15, 0.2) is 5.16 Å². The second-order valence-corrected chi connectivity index (χ2v) is 6.39. The summed E-state index contributed by atoms with van der Waals surface area (Å²) in [6.45, 7) is 0. The van der Waals surface area contributed by atoms with Crippen molar-refractivity contribution < 1.29 is 22.7 Å². The number of hydrogen-bond acceptors (Lipinski definition) is 6. The van der Waals surface area contributed by atoms with Crippen molar-refractivity contribution in [2.75, 3.05) is 0 Å². The van der Waals surface area contributed by atoms with Gasteiger partial charge in [-0.1, -0.05) is 23.4 Å². The minimum atomic E-state index is -4.61. The fraction of sp³-hybridized carbons (Fsp3) is 0.214. The molecule has 132 valence electrons. The summed E-state index contributed by atoms with van der Waals surface area (Å²) < 4.78 is 44.1. The minimum absolute atomic E-state index is 0.0404. The third kappa shape index (κ3) is 3.45. The van der Waals surface area contributed by atoms with Crippen molar-refractivity contribution in [2.24, 2.45) is 7.05 Å². The van der Waals surface area contributed by atoms with Crippen molar-refractivity contribution in [3.05, 3.63) is 45.0 Å². The van der Waals surface area contributed by atoms with Crippen LogP contribution in [0.1, 0.15) is 11.4 Å². The summed E-state index contributed by atoms with van der Waals surface area (Å²) in [5.74, 6) is -1.22. The second kappa shape index (κ2) is 6.26. The summed E-state index contributed by atoms with van der Waals surface area (Å²) in [6, 6.07) is 3.84. The number of benzene rings is 1. The normalized spacial score (nSPS) is 12.0. The van der Waals surface area contributed by atoms with E-state index in [1.165, 1.54) is 25.2 Å². The highest BCUT2D eigenvalue weighted by Crippen LogP contribution is 2.33. The molecule has 0 atom stereocenters. The van der Waals surface area contributed by atoms with Crippen LogP contribution < -0.4 is 5.63 Å². The summed E-state index contributed by atoms with van der Waals surface area (Å²) in [4.78, 5) is 11.6. The maximum absolute atomic E-state index is 12.7. The lowest BCUT2D eigenvalue weighted by Gasteiger charge is -2.08. The SMILES string of the molecule is Cn1c(SCc2cc(=O)oc3cc(O)c(Cl)cc23)nnc1C(F)(F)F. The van der Waals surface area contributed by atoms with Crippen molar-refractivity contribution in [3.63, 3.8) is 0 Å². The molecule has 0 aliphatic carbocycles. The van der Waals surface area contributed by atoms with E-state index in [-0.39, 0.29) is 27.3 Å². The highest BCUT2D eigenvalue weighted by molar-refractivity contribution is 7.98. The molecule has 1 aromatic carbocycles. The lowest BCUT2D eigenvalue weighted by Crippen LogP contribution is -2.13. The van der Waals surface area contributed by atoms with Gasteiger partial charge in [0.2, 0.25) is 5.82 Å². The summed E-state index contributed by atoms with van der Waals surface area (Å²) in [6.07, 6.45) is -4.61. The van der Waals surface area contributed by atoms with Crippen molar-refractivity contribution in [1.29, 1.82) is 0 Å². The Morgan fingerprint density at radius 3 is 2.68 bits per heavy atom. The molecule has 2 aromatic heterocycles. The van der Waals surface area contributed by atoms with Gasteiger partial charge in [-0.3, -0.25) is 0 Å². The molecule has 0 aliphatic rings. The third-order valence-electron chi connectivity index (χ3n) is 3.34. The highest BCUT2D eigenvalue weighted by Gasteiger charge is 2.37. The molecule has 0 saturated carbocycles. The predicted molar refractivity (Wildman–Crippen MR) is 84.7 cm³/mol. The Labute approximate surface area is 147 Å². The average Bonchev–Trinajstić information content (AvgIpc) is 2.87. The molecule has 0 fully saturated rings. The van der Waals surface area contributed by atoms with E-state index in [4.69, 9.17) is 16.0 Å². The monoisotopic (exact) mass is 391 g/mol. The number of phenols is 1. The van der Waals surface area contributed by atoms with E-state index in [1.54, 1.807) is 0 Å². The van der Waals surface area contributed by atoms with Crippen molar-refractivity contribution in [2.45, 2.75) is 17.1 Å². The van der Waals surface area contributed by atoms with Crippen LogP contribution in [0.15, 0.2) is 32.6 Å². The van der Waals surface area contributed by atoms with Gasteiger partial charge in [0.1, 0.15) is 11.3 Å². The maximum Gasteiger partial charge on any atom is 0.451 e. The Kier molecular flexibility index (Phi) is 4.41. The molecular weight excluding hydrogens is 383 g/mol. The lowest BCUT2D eigenvalue weighted by molar-refractivity contribution is -0.147. The van der Waals surface area contributed by atoms with E-state index >= 15 is 0 Å². The molecule has 0 unspecified atom stereocenters. The third-order valence-corrected chi connectivity index (χ3v) is 4.71. The zero-order valence-electron chi connectivity index (χ0n) is 12.5. The number of alkyl halides is 3. The van der Waals surface area contributed by atoms with E-state index in [0.717, 1.165) is 16.3 Å². The molecule has 25 heavy (non-hydrogen) atoms. The Balaban J connectivity index is 1.95. The Morgan fingerprint density at radius 1 is 1.32 bits per heavy atom. The second-order valence-electron chi connectivity index (χ2n) is 5.04. The number of thioether (sulfide) groups is 1. The lowest BCUT2D eigenvalue weighted by atomic mass is 10.1. The maximum atomic E-state index is 12.7. The standard InChI is InChI=1S/C14H9ClF3N3O3S/c1-21-12(14(16,17)18)19-20-13(21)25-5-6-2-11(23)24-10-4-9(22)8(15)3-7(6)10/h2-4,22H,5H2,1H3. The van der Waals surface area contributed by atoms with Gasteiger partial charge >= 0.3 is 11.8 Å². The Morgan fingerprint density at radius 2 is 2.04 bits per heavy atom. The first-order valence-corrected chi connectivity index (χ1v) is 8.08. The number of hydrogen-bond donors (Lipinski definition) is 1. The number of nitrogens with zero attached hydrogens (tertiary/aromatic N) is 3. The van der Waals surface area contributed by atoms with Crippen molar-refractivity contribution in [1.82, 2.24) is 14.8 Å². The number of aromatic nitrogens is 3. The van der Waals surface area contributed by atoms with Crippen LogP contribution in [-0.4, -0.2) is 19.9 Å². The van der Waals surface area contributed by atoms with Gasteiger partial charge in [-0.05, 0) is 11.6 Å². The summed E-state index contributed by atoms with van der Waals surface area (Å²) in [5, 5.41) is 16.8. The molecule has 3 aromatic rings.